The lowest BCUT2D eigenvalue weighted by atomic mass is 10.2. The standard InChI is InChI=1S/C19H23N3O2/c1-4-22(5-2)17-10-6-15(7-11-17)14-20-21-19(23)16-8-12-18(24-3)13-9-16/h6-14H,4-5H2,1-3H3,(H,21,23). The summed E-state index contributed by atoms with van der Waals surface area (Å²) in [5, 5.41) is 4.01. The van der Waals surface area contributed by atoms with Crippen LogP contribution in [0.15, 0.2) is 53.6 Å². The normalized spacial score (nSPS) is 10.6. The third-order valence-corrected chi connectivity index (χ3v) is 3.75. The van der Waals surface area contributed by atoms with Crippen molar-refractivity contribution in [1.29, 1.82) is 0 Å². The average Bonchev–Trinajstić information content (AvgIpc) is 2.64. The molecule has 0 unspecified atom stereocenters. The van der Waals surface area contributed by atoms with Crippen molar-refractivity contribution in [1.82, 2.24) is 5.43 Å². The molecule has 5 nitrogen and oxygen atoms in total. The minimum absolute atomic E-state index is 0.256. The summed E-state index contributed by atoms with van der Waals surface area (Å²) >= 11 is 0. The van der Waals surface area contributed by atoms with E-state index in [0.29, 0.717) is 11.3 Å². The van der Waals surface area contributed by atoms with Gasteiger partial charge in [0.15, 0.2) is 0 Å². The Hall–Kier alpha value is -2.82. The highest BCUT2D eigenvalue weighted by molar-refractivity contribution is 5.95. The molecule has 2 rings (SSSR count). The van der Waals surface area contributed by atoms with E-state index in [1.807, 2.05) is 12.1 Å². The van der Waals surface area contributed by atoms with E-state index < -0.39 is 0 Å². The van der Waals surface area contributed by atoms with Gasteiger partial charge in [-0.15, -0.1) is 0 Å². The molecule has 0 saturated carbocycles. The van der Waals surface area contributed by atoms with Crippen molar-refractivity contribution in [2.75, 3.05) is 25.1 Å². The minimum Gasteiger partial charge on any atom is -0.497 e. The van der Waals surface area contributed by atoms with E-state index in [1.54, 1.807) is 37.6 Å². The SMILES string of the molecule is CCN(CC)c1ccc(C=NNC(=O)c2ccc(OC)cc2)cc1. The van der Waals surface area contributed by atoms with Gasteiger partial charge in [0.1, 0.15) is 5.75 Å². The van der Waals surface area contributed by atoms with Crippen LogP contribution in [0.5, 0.6) is 5.75 Å². The van der Waals surface area contributed by atoms with Gasteiger partial charge in [0.2, 0.25) is 0 Å². The van der Waals surface area contributed by atoms with Gasteiger partial charge in [-0.1, -0.05) is 12.1 Å². The largest absolute Gasteiger partial charge is 0.497 e. The van der Waals surface area contributed by atoms with Crippen molar-refractivity contribution < 1.29 is 9.53 Å². The predicted octanol–water partition coefficient (Wildman–Crippen LogP) is 3.31. The zero-order valence-corrected chi connectivity index (χ0v) is 14.3. The molecule has 0 spiro atoms. The number of methoxy groups -OCH3 is 1. The molecule has 0 aliphatic rings. The zero-order chi connectivity index (χ0) is 17.4. The molecular formula is C19H23N3O2. The number of amides is 1. The Kier molecular flexibility index (Phi) is 6.37. The number of hydrazone groups is 1. The lowest BCUT2D eigenvalue weighted by Gasteiger charge is -2.20. The molecule has 0 bridgehead atoms. The number of hydrogen-bond acceptors (Lipinski definition) is 4. The fourth-order valence-corrected chi connectivity index (χ4v) is 2.33. The molecule has 0 aromatic heterocycles. The first-order valence-corrected chi connectivity index (χ1v) is 8.00. The van der Waals surface area contributed by atoms with E-state index in [1.165, 1.54) is 5.69 Å². The van der Waals surface area contributed by atoms with Crippen molar-refractivity contribution in [3.05, 3.63) is 59.7 Å². The number of benzene rings is 2. The molecule has 0 aliphatic carbocycles. The number of nitrogens with zero attached hydrogens (tertiary/aromatic N) is 2. The zero-order valence-electron chi connectivity index (χ0n) is 14.3. The molecule has 0 atom stereocenters. The van der Waals surface area contributed by atoms with Crippen LogP contribution in [0.2, 0.25) is 0 Å². The smallest absolute Gasteiger partial charge is 0.271 e. The molecule has 0 fully saturated rings. The van der Waals surface area contributed by atoms with Crippen LogP contribution >= 0.6 is 0 Å². The molecule has 1 N–H and O–H groups in total. The van der Waals surface area contributed by atoms with Crippen LogP contribution < -0.4 is 15.1 Å². The monoisotopic (exact) mass is 325 g/mol. The minimum atomic E-state index is -0.256. The molecular weight excluding hydrogens is 302 g/mol. The maximum absolute atomic E-state index is 12.0. The topological polar surface area (TPSA) is 53.9 Å². The van der Waals surface area contributed by atoms with Crippen LogP contribution in [0, 0.1) is 0 Å². The Morgan fingerprint density at radius 3 is 2.25 bits per heavy atom. The van der Waals surface area contributed by atoms with Crippen LogP contribution in [0.1, 0.15) is 29.8 Å². The first-order valence-electron chi connectivity index (χ1n) is 8.00. The lowest BCUT2D eigenvalue weighted by molar-refractivity contribution is 0.0955. The Labute approximate surface area is 142 Å². The van der Waals surface area contributed by atoms with Gasteiger partial charge >= 0.3 is 0 Å². The van der Waals surface area contributed by atoms with Gasteiger partial charge in [-0.05, 0) is 55.8 Å². The summed E-state index contributed by atoms with van der Waals surface area (Å²) in [5.74, 6) is 0.456. The molecule has 24 heavy (non-hydrogen) atoms. The number of nitrogens with one attached hydrogen (secondary N) is 1. The Bertz CT molecular complexity index is 675. The molecule has 0 aliphatic heterocycles. The first-order chi connectivity index (χ1) is 11.7. The highest BCUT2D eigenvalue weighted by Gasteiger charge is 2.04. The molecule has 0 radical (unpaired) electrons. The third kappa shape index (κ3) is 4.59. The van der Waals surface area contributed by atoms with Crippen molar-refractivity contribution in [2.24, 2.45) is 5.10 Å². The van der Waals surface area contributed by atoms with E-state index in [-0.39, 0.29) is 5.91 Å². The second-order valence-corrected chi connectivity index (χ2v) is 5.19. The Morgan fingerprint density at radius 1 is 1.08 bits per heavy atom. The van der Waals surface area contributed by atoms with Crippen LogP contribution in [0.25, 0.3) is 0 Å². The highest BCUT2D eigenvalue weighted by Crippen LogP contribution is 2.14. The molecule has 1 amide bonds. The summed E-state index contributed by atoms with van der Waals surface area (Å²) in [6.07, 6.45) is 1.63. The van der Waals surface area contributed by atoms with Crippen molar-refractivity contribution in [2.45, 2.75) is 13.8 Å². The predicted molar refractivity (Wildman–Crippen MR) is 98.1 cm³/mol. The van der Waals surface area contributed by atoms with E-state index in [2.05, 4.69) is 41.4 Å². The fraction of sp³-hybridized carbons (Fsp3) is 0.263. The lowest BCUT2D eigenvalue weighted by Crippen LogP contribution is -2.21. The number of hydrogen-bond donors (Lipinski definition) is 1. The van der Waals surface area contributed by atoms with Gasteiger partial charge in [-0.25, -0.2) is 5.43 Å². The molecule has 126 valence electrons. The summed E-state index contributed by atoms with van der Waals surface area (Å²) in [5.41, 5.74) is 5.17. The van der Waals surface area contributed by atoms with Crippen molar-refractivity contribution in [3.8, 4) is 5.75 Å². The molecule has 0 saturated heterocycles. The number of ether oxygens (including phenoxy) is 1. The van der Waals surface area contributed by atoms with Gasteiger partial charge < -0.3 is 9.64 Å². The third-order valence-electron chi connectivity index (χ3n) is 3.75. The second kappa shape index (κ2) is 8.72. The fourth-order valence-electron chi connectivity index (χ4n) is 2.33. The number of carbonyl (C=O) groups excluding carboxylic acids is 1. The Morgan fingerprint density at radius 2 is 1.71 bits per heavy atom. The van der Waals surface area contributed by atoms with E-state index in [0.717, 1.165) is 18.7 Å². The van der Waals surface area contributed by atoms with Crippen LogP contribution in [-0.4, -0.2) is 32.3 Å². The maximum atomic E-state index is 12.0. The Balaban J connectivity index is 1.94. The highest BCUT2D eigenvalue weighted by atomic mass is 16.5. The maximum Gasteiger partial charge on any atom is 0.271 e. The van der Waals surface area contributed by atoms with Gasteiger partial charge in [0.05, 0.1) is 13.3 Å². The van der Waals surface area contributed by atoms with Crippen molar-refractivity contribution >= 4 is 17.8 Å². The van der Waals surface area contributed by atoms with Crippen LogP contribution in [-0.2, 0) is 0 Å². The average molecular weight is 325 g/mol. The quantitative estimate of drug-likeness (QED) is 0.628. The summed E-state index contributed by atoms with van der Waals surface area (Å²) in [6, 6.07) is 15.0. The molecule has 5 heteroatoms. The van der Waals surface area contributed by atoms with Gasteiger partial charge in [-0.3, -0.25) is 4.79 Å². The molecule has 2 aromatic rings. The summed E-state index contributed by atoms with van der Waals surface area (Å²) in [4.78, 5) is 14.3. The van der Waals surface area contributed by atoms with E-state index in [9.17, 15) is 4.79 Å². The van der Waals surface area contributed by atoms with Crippen LogP contribution in [0.4, 0.5) is 5.69 Å². The molecule has 0 heterocycles. The number of carbonyl (C=O) groups is 1. The van der Waals surface area contributed by atoms with Crippen molar-refractivity contribution in [3.63, 3.8) is 0 Å². The summed E-state index contributed by atoms with van der Waals surface area (Å²) in [7, 11) is 1.59. The second-order valence-electron chi connectivity index (χ2n) is 5.19. The van der Waals surface area contributed by atoms with Gasteiger partial charge in [0, 0.05) is 24.3 Å². The van der Waals surface area contributed by atoms with E-state index in [4.69, 9.17) is 4.74 Å². The van der Waals surface area contributed by atoms with E-state index >= 15 is 0 Å². The van der Waals surface area contributed by atoms with Gasteiger partial charge in [0.25, 0.3) is 5.91 Å². The van der Waals surface area contributed by atoms with Gasteiger partial charge in [-0.2, -0.15) is 5.10 Å². The molecule has 2 aromatic carbocycles. The summed E-state index contributed by atoms with van der Waals surface area (Å²) in [6.45, 7) is 6.21. The number of rotatable bonds is 7. The first kappa shape index (κ1) is 17.5. The van der Waals surface area contributed by atoms with Crippen LogP contribution in [0.3, 0.4) is 0 Å². The summed E-state index contributed by atoms with van der Waals surface area (Å²) < 4.78 is 5.07. The number of anilines is 1.